The first-order valence-corrected chi connectivity index (χ1v) is 7.23. The fourth-order valence-corrected chi connectivity index (χ4v) is 2.99. The number of hydrogen-bond donors (Lipinski definition) is 0. The van der Waals surface area contributed by atoms with E-state index in [2.05, 4.69) is 15.9 Å². The average molecular weight is 416 g/mol. The molecule has 1 unspecified atom stereocenters. The van der Waals surface area contributed by atoms with E-state index in [9.17, 15) is 13.6 Å². The van der Waals surface area contributed by atoms with E-state index >= 15 is 0 Å². The Balaban J connectivity index is 2.35. The van der Waals surface area contributed by atoms with Crippen LogP contribution in [0.2, 0.25) is 0 Å². The fraction of sp³-hybridized carbons (Fsp3) is 0.364. The molecule has 0 radical (unpaired) electrons. The van der Waals surface area contributed by atoms with Crippen LogP contribution in [0.3, 0.4) is 0 Å². The fourth-order valence-electron chi connectivity index (χ4n) is 1.84. The summed E-state index contributed by atoms with van der Waals surface area (Å²) in [7, 11) is 0. The molecular weight excluding hydrogens is 407 g/mol. The molecule has 1 aliphatic heterocycles. The number of nitrogens with zero attached hydrogens (tertiary/aromatic N) is 1. The monoisotopic (exact) mass is 415 g/mol. The second-order valence-corrected chi connectivity index (χ2v) is 5.76. The van der Waals surface area contributed by atoms with Gasteiger partial charge in [-0.25, -0.2) is 8.78 Å². The summed E-state index contributed by atoms with van der Waals surface area (Å²) in [4.78, 5) is 13.3. The summed E-state index contributed by atoms with van der Waals surface area (Å²) in [5.41, 5.74) is 0.456. The van der Waals surface area contributed by atoms with Crippen molar-refractivity contribution in [3.05, 3.63) is 27.3 Å². The van der Waals surface area contributed by atoms with Crippen LogP contribution in [0.1, 0.15) is 6.42 Å². The maximum atomic E-state index is 13.2. The Bertz CT molecular complexity index is 469. The summed E-state index contributed by atoms with van der Waals surface area (Å²) in [6.45, 7) is 0.547. The summed E-state index contributed by atoms with van der Waals surface area (Å²) >= 11 is 5.24. The highest BCUT2D eigenvalue weighted by molar-refractivity contribution is 14.1. The van der Waals surface area contributed by atoms with Gasteiger partial charge in [0.1, 0.15) is 0 Å². The number of carbonyl (C=O) groups is 1. The van der Waals surface area contributed by atoms with E-state index in [1.807, 2.05) is 22.6 Å². The molecule has 1 amide bonds. The molecule has 1 aromatic carbocycles. The Hall–Kier alpha value is -0.240. The van der Waals surface area contributed by atoms with Crippen LogP contribution in [0.4, 0.5) is 14.5 Å². The first-order valence-electron chi connectivity index (χ1n) is 5.03. The first kappa shape index (κ1) is 13.2. The van der Waals surface area contributed by atoms with Crippen LogP contribution in [0.25, 0.3) is 0 Å². The van der Waals surface area contributed by atoms with Gasteiger partial charge in [0, 0.05) is 27.9 Å². The van der Waals surface area contributed by atoms with Gasteiger partial charge >= 0.3 is 0 Å². The minimum Gasteiger partial charge on any atom is -0.311 e. The van der Waals surface area contributed by atoms with Crippen molar-refractivity contribution < 1.29 is 13.6 Å². The third-order valence-corrected chi connectivity index (χ3v) is 4.48. The lowest BCUT2D eigenvalue weighted by atomic mass is 10.2. The molecule has 1 saturated heterocycles. The number of hydrogen-bond acceptors (Lipinski definition) is 1. The predicted molar refractivity (Wildman–Crippen MR) is 73.3 cm³/mol. The molecule has 6 heteroatoms. The quantitative estimate of drug-likeness (QED) is 0.412. The van der Waals surface area contributed by atoms with Crippen molar-refractivity contribution in [2.24, 2.45) is 5.92 Å². The van der Waals surface area contributed by atoms with Gasteiger partial charge in [-0.2, -0.15) is 0 Å². The van der Waals surface area contributed by atoms with E-state index in [0.29, 0.717) is 22.2 Å². The van der Waals surface area contributed by atoms with Crippen molar-refractivity contribution in [1.82, 2.24) is 0 Å². The average Bonchev–Trinajstić information content (AvgIpc) is 2.65. The van der Waals surface area contributed by atoms with Gasteiger partial charge in [-0.1, -0.05) is 15.9 Å². The van der Waals surface area contributed by atoms with Crippen molar-refractivity contribution in [3.63, 3.8) is 0 Å². The molecule has 0 N–H and O–H groups in total. The highest BCUT2D eigenvalue weighted by Crippen LogP contribution is 2.31. The number of alkyl halides is 1. The third-order valence-electron chi connectivity index (χ3n) is 2.70. The molecule has 1 atom stereocenters. The standard InChI is InChI=1S/C11H9BrF2INO/c12-4-6-1-11(17)16(5-6)10-3-8(14)7(13)2-9(10)15/h2-3,6H,1,4-5H2. The van der Waals surface area contributed by atoms with Crippen molar-refractivity contribution in [3.8, 4) is 0 Å². The molecular formula is C11H9BrF2INO. The minimum absolute atomic E-state index is 0.0432. The Labute approximate surface area is 120 Å². The molecule has 1 aromatic rings. The second-order valence-electron chi connectivity index (χ2n) is 3.95. The predicted octanol–water partition coefficient (Wildman–Crippen LogP) is 3.32. The molecule has 0 spiro atoms. The number of anilines is 1. The van der Waals surface area contributed by atoms with Crippen LogP contribution in [0.5, 0.6) is 0 Å². The first-order chi connectivity index (χ1) is 8.02. The molecule has 0 aliphatic carbocycles. The molecule has 2 rings (SSSR count). The van der Waals surface area contributed by atoms with E-state index in [0.717, 1.165) is 17.5 Å². The largest absolute Gasteiger partial charge is 0.311 e. The van der Waals surface area contributed by atoms with Crippen molar-refractivity contribution in [2.75, 3.05) is 16.8 Å². The Morgan fingerprint density at radius 2 is 2.06 bits per heavy atom. The minimum atomic E-state index is -0.921. The van der Waals surface area contributed by atoms with Crippen LogP contribution >= 0.6 is 38.5 Å². The molecule has 1 fully saturated rings. The lowest BCUT2D eigenvalue weighted by Crippen LogP contribution is -2.25. The maximum absolute atomic E-state index is 13.2. The van der Waals surface area contributed by atoms with Crippen molar-refractivity contribution >= 4 is 50.1 Å². The zero-order chi connectivity index (χ0) is 12.6. The van der Waals surface area contributed by atoms with Crippen LogP contribution in [-0.4, -0.2) is 17.8 Å². The van der Waals surface area contributed by atoms with E-state index in [4.69, 9.17) is 0 Å². The summed E-state index contributed by atoms with van der Waals surface area (Å²) in [5.74, 6) is -1.62. The van der Waals surface area contributed by atoms with Gasteiger partial charge in [-0.05, 0) is 34.6 Å². The molecule has 0 aromatic heterocycles. The third kappa shape index (κ3) is 2.62. The van der Waals surface area contributed by atoms with E-state index in [1.54, 1.807) is 0 Å². The van der Waals surface area contributed by atoms with Crippen LogP contribution in [0, 0.1) is 21.1 Å². The number of halogens is 4. The van der Waals surface area contributed by atoms with Gasteiger partial charge in [-0.3, -0.25) is 4.79 Å². The number of benzene rings is 1. The van der Waals surface area contributed by atoms with Crippen molar-refractivity contribution in [1.29, 1.82) is 0 Å². The number of amides is 1. The highest BCUT2D eigenvalue weighted by atomic mass is 127. The highest BCUT2D eigenvalue weighted by Gasteiger charge is 2.31. The van der Waals surface area contributed by atoms with Gasteiger partial charge in [0.25, 0.3) is 0 Å². The summed E-state index contributed by atoms with van der Waals surface area (Å²) in [6.07, 6.45) is 0.445. The van der Waals surface area contributed by atoms with E-state index in [-0.39, 0.29) is 11.8 Å². The Kier molecular flexibility index (Phi) is 4.02. The molecule has 1 aliphatic rings. The zero-order valence-electron chi connectivity index (χ0n) is 8.72. The number of carbonyl (C=O) groups excluding carboxylic acids is 1. The molecule has 1 heterocycles. The smallest absolute Gasteiger partial charge is 0.227 e. The van der Waals surface area contributed by atoms with Gasteiger partial charge in [0.05, 0.1) is 5.69 Å². The molecule has 0 saturated carbocycles. The van der Waals surface area contributed by atoms with Crippen molar-refractivity contribution in [2.45, 2.75) is 6.42 Å². The molecule has 0 bridgehead atoms. The summed E-state index contributed by atoms with van der Waals surface area (Å²) in [5, 5.41) is 0.732. The van der Waals surface area contributed by atoms with Gasteiger partial charge in [-0.15, -0.1) is 0 Å². The Morgan fingerprint density at radius 1 is 1.41 bits per heavy atom. The second kappa shape index (κ2) is 5.17. The SMILES string of the molecule is O=C1CC(CBr)CN1c1cc(F)c(F)cc1I. The normalized spacial score (nSPS) is 20.1. The van der Waals surface area contributed by atoms with Gasteiger partial charge < -0.3 is 4.90 Å². The van der Waals surface area contributed by atoms with Gasteiger partial charge in [0.2, 0.25) is 5.91 Å². The topological polar surface area (TPSA) is 20.3 Å². The van der Waals surface area contributed by atoms with Gasteiger partial charge in [0.15, 0.2) is 11.6 Å². The van der Waals surface area contributed by atoms with Crippen LogP contribution < -0.4 is 4.90 Å². The van der Waals surface area contributed by atoms with E-state index < -0.39 is 11.6 Å². The lowest BCUT2D eigenvalue weighted by molar-refractivity contribution is -0.117. The van der Waals surface area contributed by atoms with E-state index in [1.165, 1.54) is 4.90 Å². The Morgan fingerprint density at radius 3 is 2.65 bits per heavy atom. The van der Waals surface area contributed by atoms with Crippen LogP contribution in [0.15, 0.2) is 12.1 Å². The number of rotatable bonds is 2. The van der Waals surface area contributed by atoms with Crippen LogP contribution in [-0.2, 0) is 4.79 Å². The molecule has 17 heavy (non-hydrogen) atoms. The summed E-state index contributed by atoms with van der Waals surface area (Å²) in [6, 6.07) is 2.20. The maximum Gasteiger partial charge on any atom is 0.227 e. The lowest BCUT2D eigenvalue weighted by Gasteiger charge is -2.18. The summed E-state index contributed by atoms with van der Waals surface area (Å²) < 4.78 is 26.7. The molecule has 92 valence electrons. The zero-order valence-corrected chi connectivity index (χ0v) is 12.5. The molecule has 2 nitrogen and oxygen atoms in total.